The lowest BCUT2D eigenvalue weighted by atomic mass is 9.99. The lowest BCUT2D eigenvalue weighted by molar-refractivity contribution is -0.278. The van der Waals surface area contributed by atoms with Crippen LogP contribution >= 0.6 is 0 Å². The second kappa shape index (κ2) is 11.4. The highest BCUT2D eigenvalue weighted by atomic mass is 16.7. The summed E-state index contributed by atoms with van der Waals surface area (Å²) in [5.41, 5.74) is -1.22. The van der Waals surface area contributed by atoms with Crippen molar-refractivity contribution in [3.63, 3.8) is 0 Å². The van der Waals surface area contributed by atoms with Gasteiger partial charge in [0, 0.05) is 23.8 Å². The monoisotopic (exact) mass is 520 g/mol. The normalized spacial score (nSPS) is 25.9. The third-order valence-electron chi connectivity index (χ3n) is 6.07. The molecule has 1 aliphatic heterocycles. The topological polar surface area (TPSA) is 176 Å². The van der Waals surface area contributed by atoms with Gasteiger partial charge in [-0.1, -0.05) is 12.2 Å². The molecule has 0 spiro atoms. The second-order valence-electron chi connectivity index (χ2n) is 9.25. The number of ether oxygens (including phenoxy) is 3. The van der Waals surface area contributed by atoms with Gasteiger partial charge in [0.05, 0.1) is 5.60 Å². The molecule has 3 rings (SSSR count). The van der Waals surface area contributed by atoms with Crippen LogP contribution < -0.4 is 10.2 Å². The molecule has 11 heteroatoms. The SMILES string of the molecule is C=C[C@@](C)(O)CCC=C(C)C(=O)OC[C@H]1O[C@@H](Oc2cc(O)c3c(=O)cc(C)oc3c2)[C@H](O)[C@@H](O)[C@@H]1O. The largest absolute Gasteiger partial charge is 0.507 e. The first-order valence-electron chi connectivity index (χ1n) is 11.7. The lowest BCUT2D eigenvalue weighted by Gasteiger charge is -2.39. The van der Waals surface area contributed by atoms with Crippen molar-refractivity contribution in [1.82, 2.24) is 0 Å². The number of aliphatic hydroxyl groups excluding tert-OH is 3. The van der Waals surface area contributed by atoms with Crippen molar-refractivity contribution in [2.45, 2.75) is 69.9 Å². The van der Waals surface area contributed by atoms with Gasteiger partial charge in [-0.05, 0) is 33.6 Å². The molecule has 0 amide bonds. The zero-order valence-electron chi connectivity index (χ0n) is 20.8. The number of esters is 1. The number of aliphatic hydroxyl groups is 4. The molecule has 1 saturated heterocycles. The maximum atomic E-state index is 12.3. The van der Waals surface area contributed by atoms with Crippen molar-refractivity contribution in [2.24, 2.45) is 0 Å². The van der Waals surface area contributed by atoms with Crippen LogP contribution in [-0.2, 0) is 14.3 Å². The summed E-state index contributed by atoms with van der Waals surface area (Å²) in [6.07, 6.45) is -4.02. The predicted molar refractivity (Wildman–Crippen MR) is 131 cm³/mol. The molecule has 5 N–H and O–H groups in total. The van der Waals surface area contributed by atoms with Crippen LogP contribution in [0.3, 0.4) is 0 Å². The van der Waals surface area contributed by atoms with Crippen molar-refractivity contribution >= 4 is 16.9 Å². The van der Waals surface area contributed by atoms with Gasteiger partial charge in [-0.3, -0.25) is 4.79 Å². The number of hydrogen-bond donors (Lipinski definition) is 5. The molecular weight excluding hydrogens is 488 g/mol. The number of allylic oxidation sites excluding steroid dienone is 1. The van der Waals surface area contributed by atoms with Gasteiger partial charge in [0.25, 0.3) is 0 Å². The Balaban J connectivity index is 1.68. The summed E-state index contributed by atoms with van der Waals surface area (Å²) in [6, 6.07) is 3.65. The predicted octanol–water partition coefficient (Wildman–Crippen LogP) is 1.20. The van der Waals surface area contributed by atoms with Crippen LogP contribution in [0.15, 0.2) is 51.7 Å². The maximum absolute atomic E-state index is 12.3. The summed E-state index contributed by atoms with van der Waals surface area (Å²) in [6.45, 7) is 7.76. The van der Waals surface area contributed by atoms with Crippen LogP contribution in [0.25, 0.3) is 11.0 Å². The Bertz CT molecular complexity index is 1230. The summed E-state index contributed by atoms with van der Waals surface area (Å²) in [7, 11) is 0. The number of carbonyl (C=O) groups is 1. The Morgan fingerprint density at radius 3 is 2.57 bits per heavy atom. The fraction of sp³-hybridized carbons (Fsp3) is 0.462. The molecule has 1 aliphatic rings. The third kappa shape index (κ3) is 6.76. The van der Waals surface area contributed by atoms with E-state index < -0.39 is 60.1 Å². The number of carbonyl (C=O) groups excluding carboxylic acids is 1. The van der Waals surface area contributed by atoms with E-state index in [1.807, 2.05) is 0 Å². The zero-order valence-corrected chi connectivity index (χ0v) is 20.8. The first-order valence-corrected chi connectivity index (χ1v) is 11.7. The third-order valence-corrected chi connectivity index (χ3v) is 6.07. The summed E-state index contributed by atoms with van der Waals surface area (Å²) >= 11 is 0. The Hall–Kier alpha value is -3.22. The molecule has 37 heavy (non-hydrogen) atoms. The van der Waals surface area contributed by atoms with Gasteiger partial charge in [-0.25, -0.2) is 4.79 Å². The number of fused-ring (bicyclic) bond motifs is 1. The highest BCUT2D eigenvalue weighted by Crippen LogP contribution is 2.31. The standard InChI is InChI=1S/C26H32O11/c1-5-26(4,33)8-6-7-13(2)24(32)34-12-19-21(29)22(30)23(31)25(37-19)36-15-10-17(28)20-16(27)9-14(3)35-18(20)11-15/h5,7,9-11,19,21-23,25,28-31,33H,1,6,8,12H2,2-4H3/t19-,21-,22+,23-,25-,26-/m1/s1. The van der Waals surface area contributed by atoms with Crippen molar-refractivity contribution in [2.75, 3.05) is 6.61 Å². The van der Waals surface area contributed by atoms with E-state index in [1.54, 1.807) is 19.9 Å². The van der Waals surface area contributed by atoms with Crippen molar-refractivity contribution in [3.05, 3.63) is 58.5 Å². The molecule has 2 heterocycles. The first kappa shape index (κ1) is 28.4. The average Bonchev–Trinajstić information content (AvgIpc) is 2.82. The van der Waals surface area contributed by atoms with E-state index in [0.717, 1.165) is 6.07 Å². The fourth-order valence-corrected chi connectivity index (χ4v) is 3.76. The van der Waals surface area contributed by atoms with E-state index in [2.05, 4.69) is 6.58 Å². The number of phenols is 1. The minimum absolute atomic E-state index is 0.0354. The van der Waals surface area contributed by atoms with Gasteiger partial charge in [-0.15, -0.1) is 6.58 Å². The molecule has 1 aromatic carbocycles. The molecule has 2 aromatic rings. The van der Waals surface area contributed by atoms with Gasteiger partial charge in [0.2, 0.25) is 6.29 Å². The van der Waals surface area contributed by atoms with Crippen molar-refractivity contribution in [1.29, 1.82) is 0 Å². The van der Waals surface area contributed by atoms with E-state index in [1.165, 1.54) is 25.1 Å². The van der Waals surface area contributed by atoms with Crippen LogP contribution in [0, 0.1) is 6.92 Å². The quantitative estimate of drug-likeness (QED) is 0.182. The summed E-state index contributed by atoms with van der Waals surface area (Å²) < 4.78 is 21.8. The summed E-state index contributed by atoms with van der Waals surface area (Å²) in [5, 5.41) is 51.2. The van der Waals surface area contributed by atoms with E-state index in [9.17, 15) is 35.1 Å². The molecule has 202 valence electrons. The van der Waals surface area contributed by atoms with Crippen LogP contribution in [-0.4, -0.2) is 74.4 Å². The number of rotatable bonds is 9. The van der Waals surface area contributed by atoms with Gasteiger partial charge < -0.3 is 44.2 Å². The maximum Gasteiger partial charge on any atom is 0.333 e. The molecule has 0 saturated carbocycles. The number of aromatic hydroxyl groups is 1. The molecule has 0 bridgehead atoms. The second-order valence-corrected chi connectivity index (χ2v) is 9.25. The molecule has 0 radical (unpaired) electrons. The van der Waals surface area contributed by atoms with Gasteiger partial charge in [-0.2, -0.15) is 0 Å². The molecule has 1 aromatic heterocycles. The molecule has 6 atom stereocenters. The van der Waals surface area contributed by atoms with Crippen molar-refractivity contribution < 1.29 is 49.0 Å². The lowest BCUT2D eigenvalue weighted by Crippen LogP contribution is -2.60. The van der Waals surface area contributed by atoms with Crippen LogP contribution in [0.2, 0.25) is 0 Å². The fourth-order valence-electron chi connectivity index (χ4n) is 3.76. The van der Waals surface area contributed by atoms with E-state index in [4.69, 9.17) is 18.6 Å². The minimum Gasteiger partial charge on any atom is -0.507 e. The Morgan fingerprint density at radius 1 is 1.19 bits per heavy atom. The highest BCUT2D eigenvalue weighted by molar-refractivity contribution is 5.87. The van der Waals surface area contributed by atoms with Gasteiger partial charge in [0.1, 0.15) is 59.3 Å². The minimum atomic E-state index is -1.70. The van der Waals surface area contributed by atoms with E-state index in [0.29, 0.717) is 18.6 Å². The highest BCUT2D eigenvalue weighted by Gasteiger charge is 2.45. The Labute approximate surface area is 212 Å². The van der Waals surface area contributed by atoms with Gasteiger partial charge in [0.15, 0.2) is 5.43 Å². The smallest absolute Gasteiger partial charge is 0.333 e. The number of hydrogen-bond acceptors (Lipinski definition) is 11. The van der Waals surface area contributed by atoms with E-state index in [-0.39, 0.29) is 22.3 Å². The average molecular weight is 521 g/mol. The van der Waals surface area contributed by atoms with Crippen LogP contribution in [0.5, 0.6) is 11.5 Å². The van der Waals surface area contributed by atoms with Crippen LogP contribution in [0.1, 0.15) is 32.4 Å². The Morgan fingerprint density at radius 2 is 1.89 bits per heavy atom. The molecule has 11 nitrogen and oxygen atoms in total. The number of phenolic OH excluding ortho intramolecular Hbond substituents is 1. The number of aryl methyl sites for hydroxylation is 1. The summed E-state index contributed by atoms with van der Waals surface area (Å²) in [5.74, 6) is -0.860. The van der Waals surface area contributed by atoms with Crippen molar-refractivity contribution in [3.8, 4) is 11.5 Å². The van der Waals surface area contributed by atoms with Gasteiger partial charge >= 0.3 is 5.97 Å². The van der Waals surface area contributed by atoms with E-state index >= 15 is 0 Å². The number of benzene rings is 1. The zero-order chi connectivity index (χ0) is 27.5. The molecular formula is C26H32O11. The molecule has 0 aliphatic carbocycles. The first-order chi connectivity index (χ1) is 17.3. The Kier molecular flexibility index (Phi) is 8.77. The molecule has 1 fully saturated rings. The molecule has 0 unspecified atom stereocenters. The summed E-state index contributed by atoms with van der Waals surface area (Å²) in [4.78, 5) is 24.5. The van der Waals surface area contributed by atoms with Crippen LogP contribution in [0.4, 0.5) is 0 Å².